The van der Waals surface area contributed by atoms with Gasteiger partial charge in [0, 0.05) is 10.9 Å². The fourth-order valence-electron chi connectivity index (χ4n) is 2.50. The van der Waals surface area contributed by atoms with Gasteiger partial charge in [-0.25, -0.2) is 4.79 Å². The number of benzene rings is 1. The summed E-state index contributed by atoms with van der Waals surface area (Å²) in [5.41, 5.74) is 0.0236. The Morgan fingerprint density at radius 1 is 1.38 bits per heavy atom. The topological polar surface area (TPSA) is 58.6 Å². The normalized spacial score (nSPS) is 18.0. The fourth-order valence-corrected chi connectivity index (χ4v) is 2.62. The minimum atomic E-state index is -0.533. The summed E-state index contributed by atoms with van der Waals surface area (Å²) >= 11 is 5.89. The third-order valence-corrected chi connectivity index (χ3v) is 3.91. The second-order valence-corrected chi connectivity index (χ2v) is 7.01. The number of amides is 1. The summed E-state index contributed by atoms with van der Waals surface area (Å²) in [6.07, 6.45) is 1.23. The predicted octanol–water partition coefficient (Wildman–Crippen LogP) is 3.47. The molecular weight excluding hydrogens is 290 g/mol. The first-order valence-electron chi connectivity index (χ1n) is 7.13. The molecule has 1 atom stereocenters. The van der Waals surface area contributed by atoms with Crippen LogP contribution in [0.4, 0.5) is 4.79 Å². The number of rotatable bonds is 4. The molecule has 1 aromatic carbocycles. The lowest BCUT2D eigenvalue weighted by atomic mass is 9.90. The Morgan fingerprint density at radius 3 is 2.38 bits per heavy atom. The number of carbonyl (C=O) groups is 1. The van der Waals surface area contributed by atoms with Crippen LogP contribution in [0.5, 0.6) is 0 Å². The van der Waals surface area contributed by atoms with Crippen LogP contribution in [0.1, 0.15) is 45.1 Å². The standard InChI is InChI=1S/C16H22ClNO3/c1-15(2,3)21-14(20)18-16(8-9-16)13(10-19)11-4-6-12(17)7-5-11/h4-7,13,19H,8-10H2,1-3H3,(H,18,20). The van der Waals surface area contributed by atoms with Crippen LogP contribution >= 0.6 is 11.6 Å². The van der Waals surface area contributed by atoms with Crippen molar-refractivity contribution < 1.29 is 14.6 Å². The van der Waals surface area contributed by atoms with E-state index in [1.807, 2.05) is 32.9 Å². The summed E-state index contributed by atoms with van der Waals surface area (Å²) in [6.45, 7) is 5.45. The zero-order valence-corrected chi connectivity index (χ0v) is 13.4. The van der Waals surface area contributed by atoms with E-state index < -0.39 is 17.2 Å². The van der Waals surface area contributed by atoms with Crippen LogP contribution in [0, 0.1) is 0 Å². The second kappa shape index (κ2) is 5.85. The van der Waals surface area contributed by atoms with Gasteiger partial charge in [0.05, 0.1) is 12.1 Å². The number of carbonyl (C=O) groups excluding carboxylic acids is 1. The van der Waals surface area contributed by atoms with Gasteiger partial charge in [0.1, 0.15) is 5.60 Å². The molecule has 2 N–H and O–H groups in total. The van der Waals surface area contributed by atoms with Gasteiger partial charge in [-0.3, -0.25) is 0 Å². The van der Waals surface area contributed by atoms with E-state index in [1.54, 1.807) is 12.1 Å². The molecular formula is C16H22ClNO3. The number of ether oxygens (including phenoxy) is 1. The Hall–Kier alpha value is -1.26. The average Bonchev–Trinajstić information content (AvgIpc) is 3.10. The molecule has 0 radical (unpaired) electrons. The van der Waals surface area contributed by atoms with Crippen molar-refractivity contribution in [3.8, 4) is 0 Å². The zero-order chi connectivity index (χ0) is 15.7. The molecule has 1 saturated carbocycles. The van der Waals surface area contributed by atoms with Gasteiger partial charge in [-0.15, -0.1) is 0 Å². The van der Waals surface area contributed by atoms with Crippen LogP contribution in [0.15, 0.2) is 24.3 Å². The summed E-state index contributed by atoms with van der Waals surface area (Å²) in [5.74, 6) is -0.151. The molecule has 116 valence electrons. The fraction of sp³-hybridized carbons (Fsp3) is 0.562. The predicted molar refractivity (Wildman–Crippen MR) is 82.6 cm³/mol. The number of aliphatic hydroxyl groups is 1. The van der Waals surface area contributed by atoms with Crippen LogP contribution in [0.2, 0.25) is 5.02 Å². The third kappa shape index (κ3) is 4.11. The van der Waals surface area contributed by atoms with Gasteiger partial charge >= 0.3 is 6.09 Å². The molecule has 1 unspecified atom stereocenters. The molecule has 4 nitrogen and oxygen atoms in total. The molecule has 0 aromatic heterocycles. The Balaban J connectivity index is 2.10. The smallest absolute Gasteiger partial charge is 0.408 e. The van der Waals surface area contributed by atoms with E-state index in [9.17, 15) is 9.90 Å². The van der Waals surface area contributed by atoms with E-state index in [0.29, 0.717) is 5.02 Å². The maximum absolute atomic E-state index is 12.0. The Morgan fingerprint density at radius 2 is 1.95 bits per heavy atom. The highest BCUT2D eigenvalue weighted by Crippen LogP contribution is 2.47. The molecule has 1 fully saturated rings. The number of alkyl carbamates (subject to hydrolysis) is 1. The van der Waals surface area contributed by atoms with Gasteiger partial charge in [-0.2, -0.15) is 0 Å². The summed E-state index contributed by atoms with van der Waals surface area (Å²) in [4.78, 5) is 12.0. The molecule has 5 heteroatoms. The van der Waals surface area contributed by atoms with Crippen LogP contribution < -0.4 is 5.32 Å². The lowest BCUT2D eigenvalue weighted by molar-refractivity contribution is 0.0478. The monoisotopic (exact) mass is 311 g/mol. The van der Waals surface area contributed by atoms with Crippen molar-refractivity contribution >= 4 is 17.7 Å². The number of hydrogen-bond donors (Lipinski definition) is 2. The van der Waals surface area contributed by atoms with Crippen LogP contribution in [-0.2, 0) is 4.74 Å². The molecule has 0 saturated heterocycles. The van der Waals surface area contributed by atoms with Crippen LogP contribution in [-0.4, -0.2) is 28.9 Å². The quantitative estimate of drug-likeness (QED) is 0.895. The highest BCUT2D eigenvalue weighted by atomic mass is 35.5. The van der Waals surface area contributed by atoms with Gasteiger partial charge < -0.3 is 15.2 Å². The number of halogens is 1. The first kappa shape index (κ1) is 16.1. The van der Waals surface area contributed by atoms with Crippen molar-refractivity contribution in [2.75, 3.05) is 6.61 Å². The van der Waals surface area contributed by atoms with Crippen LogP contribution in [0.25, 0.3) is 0 Å². The van der Waals surface area contributed by atoms with E-state index in [-0.39, 0.29) is 12.5 Å². The first-order chi connectivity index (χ1) is 9.76. The molecule has 1 aromatic rings. The molecule has 0 aliphatic heterocycles. The number of hydrogen-bond acceptors (Lipinski definition) is 3. The second-order valence-electron chi connectivity index (χ2n) is 6.57. The molecule has 1 amide bonds. The van der Waals surface area contributed by atoms with Gasteiger partial charge in [-0.1, -0.05) is 23.7 Å². The van der Waals surface area contributed by atoms with E-state index in [2.05, 4.69) is 5.32 Å². The van der Waals surface area contributed by atoms with Gasteiger partial charge in [0.25, 0.3) is 0 Å². The van der Waals surface area contributed by atoms with Crippen molar-refractivity contribution in [1.29, 1.82) is 0 Å². The van der Waals surface area contributed by atoms with Crippen molar-refractivity contribution in [2.45, 2.75) is 50.7 Å². The molecule has 2 rings (SSSR count). The number of nitrogens with one attached hydrogen (secondary N) is 1. The summed E-state index contributed by atoms with van der Waals surface area (Å²) in [5, 5.41) is 13.3. The minimum Gasteiger partial charge on any atom is -0.444 e. The molecule has 0 bridgehead atoms. The van der Waals surface area contributed by atoms with Gasteiger partial charge in [0.2, 0.25) is 0 Å². The van der Waals surface area contributed by atoms with Crippen molar-refractivity contribution in [1.82, 2.24) is 5.32 Å². The maximum Gasteiger partial charge on any atom is 0.408 e. The third-order valence-electron chi connectivity index (χ3n) is 3.66. The Labute approximate surface area is 130 Å². The Kier molecular flexibility index (Phi) is 4.49. The zero-order valence-electron chi connectivity index (χ0n) is 12.6. The largest absolute Gasteiger partial charge is 0.444 e. The van der Waals surface area contributed by atoms with Gasteiger partial charge in [-0.05, 0) is 51.3 Å². The highest BCUT2D eigenvalue weighted by molar-refractivity contribution is 6.30. The van der Waals surface area contributed by atoms with Crippen molar-refractivity contribution in [2.24, 2.45) is 0 Å². The molecule has 1 aliphatic rings. The molecule has 0 heterocycles. The van der Waals surface area contributed by atoms with E-state index >= 15 is 0 Å². The van der Waals surface area contributed by atoms with Crippen LogP contribution in [0.3, 0.4) is 0 Å². The minimum absolute atomic E-state index is 0.0303. The molecule has 21 heavy (non-hydrogen) atoms. The molecule has 0 spiro atoms. The lowest BCUT2D eigenvalue weighted by Gasteiger charge is -2.28. The maximum atomic E-state index is 12.0. The van der Waals surface area contributed by atoms with E-state index in [4.69, 9.17) is 16.3 Å². The summed E-state index contributed by atoms with van der Waals surface area (Å²) < 4.78 is 5.31. The van der Waals surface area contributed by atoms with E-state index in [0.717, 1.165) is 18.4 Å². The highest BCUT2D eigenvalue weighted by Gasteiger charge is 2.51. The summed E-state index contributed by atoms with van der Waals surface area (Å²) in [6, 6.07) is 7.37. The SMILES string of the molecule is CC(C)(C)OC(=O)NC1(C(CO)c2ccc(Cl)cc2)CC1. The first-order valence-corrected chi connectivity index (χ1v) is 7.51. The summed E-state index contributed by atoms with van der Waals surface area (Å²) in [7, 11) is 0. The van der Waals surface area contributed by atoms with Gasteiger partial charge in [0.15, 0.2) is 0 Å². The number of aliphatic hydroxyl groups excluding tert-OH is 1. The molecule has 1 aliphatic carbocycles. The van der Waals surface area contributed by atoms with Crippen molar-refractivity contribution in [3.05, 3.63) is 34.9 Å². The Bertz CT molecular complexity index is 503. The average molecular weight is 312 g/mol. The van der Waals surface area contributed by atoms with Crippen molar-refractivity contribution in [3.63, 3.8) is 0 Å². The van der Waals surface area contributed by atoms with E-state index in [1.165, 1.54) is 0 Å². The lowest BCUT2D eigenvalue weighted by Crippen LogP contribution is -2.45.